The Morgan fingerprint density at radius 1 is 0.333 bits per heavy atom. The van der Waals surface area contributed by atoms with Gasteiger partial charge in [0.15, 0.2) is 0 Å². The van der Waals surface area contributed by atoms with E-state index in [2.05, 4.69) is 116 Å². The van der Waals surface area contributed by atoms with Crippen LogP contribution in [0.4, 0.5) is 45.5 Å². The van der Waals surface area contributed by atoms with Gasteiger partial charge in [0.25, 0.3) is 0 Å². The fraction of sp³-hybridized carbons (Fsp3) is 0.0149. The lowest BCUT2D eigenvalue weighted by atomic mass is 10.1. The molecule has 2 aliphatic heterocycles. The highest BCUT2D eigenvalue weighted by Gasteiger charge is 2.51. The summed E-state index contributed by atoms with van der Waals surface area (Å²) in [4.78, 5) is 0. The average molecular weight is 1010 g/mol. The fourth-order valence-corrected chi connectivity index (χ4v) is 16.4. The average Bonchev–Trinajstić information content (AvgIpc) is 3.99. The molecule has 0 saturated heterocycles. The summed E-state index contributed by atoms with van der Waals surface area (Å²) in [5.41, 5.74) is 14.7. The number of allylic oxidation sites excluding steroid dienone is 5. The first kappa shape index (κ1) is 47.1. The van der Waals surface area contributed by atoms with E-state index in [1.807, 2.05) is 202 Å². The first-order valence-electron chi connectivity index (χ1n) is 25.1. The van der Waals surface area contributed by atoms with Crippen molar-refractivity contribution in [2.45, 2.75) is 6.92 Å². The summed E-state index contributed by atoms with van der Waals surface area (Å²) in [6, 6.07) is 87.8. The van der Waals surface area contributed by atoms with Crippen molar-refractivity contribution in [3.8, 4) is 33.4 Å². The Bertz CT molecular complexity index is 3730. The van der Waals surface area contributed by atoms with Crippen LogP contribution in [0.3, 0.4) is 0 Å². The van der Waals surface area contributed by atoms with Crippen LogP contribution in [-0.2, 0) is 9.13 Å². The van der Waals surface area contributed by atoms with Crippen LogP contribution in [0.25, 0.3) is 39.0 Å². The van der Waals surface area contributed by atoms with E-state index in [0.717, 1.165) is 90.0 Å². The van der Waals surface area contributed by atoms with Gasteiger partial charge in [-0.2, -0.15) is 0 Å². The van der Waals surface area contributed by atoms with Gasteiger partial charge < -0.3 is 0 Å². The molecule has 0 fully saturated rings. The molecule has 75 heavy (non-hydrogen) atoms. The molecule has 0 aliphatic carbocycles. The maximum absolute atomic E-state index is 17.2. The number of hydrogen-bond donors (Lipinski definition) is 0. The zero-order valence-corrected chi connectivity index (χ0v) is 43.1. The molecule has 0 spiro atoms. The van der Waals surface area contributed by atoms with E-state index in [9.17, 15) is 0 Å². The molecule has 362 valence electrons. The molecule has 2 aliphatic rings. The molecule has 1 atom stereocenters. The second kappa shape index (κ2) is 19.8. The van der Waals surface area contributed by atoms with E-state index in [0.29, 0.717) is 10.6 Å². The van der Waals surface area contributed by atoms with Crippen molar-refractivity contribution in [1.82, 2.24) is 0 Å². The molecule has 0 saturated carbocycles. The van der Waals surface area contributed by atoms with Gasteiger partial charge in [-0.25, -0.2) is 0 Å². The Morgan fingerprint density at radius 3 is 0.893 bits per heavy atom. The number of hydrogen-bond acceptors (Lipinski definition) is 2. The number of rotatable bonds is 12. The first-order chi connectivity index (χ1) is 36.8. The van der Waals surface area contributed by atoms with Crippen LogP contribution in [0.15, 0.2) is 292 Å². The normalized spacial score (nSPS) is 15.6. The smallest absolute Gasteiger partial charge is 0.270 e. The minimum atomic E-state index is -3.86. The molecule has 1 unspecified atom stereocenters. The molecular formula is C67H52N4O2P2. The van der Waals surface area contributed by atoms with Crippen LogP contribution in [0, 0.1) is 0 Å². The number of nitrogens with zero attached hydrogens (tertiary/aromatic N) is 4. The van der Waals surface area contributed by atoms with E-state index in [4.69, 9.17) is 0 Å². The van der Waals surface area contributed by atoms with Gasteiger partial charge in [-0.1, -0.05) is 195 Å². The van der Waals surface area contributed by atoms with Gasteiger partial charge in [-0.15, -0.1) is 0 Å². The van der Waals surface area contributed by atoms with Crippen LogP contribution < -0.4 is 29.3 Å². The standard InChI is InChI=1S/C67H52N4O2P2/c1-3-4-8-19-50(2)51-30-38-58(39-31-51)68-64-26-15-16-27-65(64)69(59-40-32-55(33-41-59)52-20-9-5-10-21-52)74(68,72)62-46-48-63(49-47-62)75(73)70(60-42-34-56(35-43-60)53-22-11-6-12-23-53)66-28-17-18-29-67(66)71(75)61-44-36-57(37-45-61)54-24-13-7-14-25-54/h3-49H,2H2,1H3. The summed E-state index contributed by atoms with van der Waals surface area (Å²) in [5.74, 6) is 0. The predicted octanol–water partition coefficient (Wildman–Crippen LogP) is 18.4. The lowest BCUT2D eigenvalue weighted by Crippen LogP contribution is -2.30. The molecule has 6 nitrogen and oxygen atoms in total. The van der Waals surface area contributed by atoms with Crippen molar-refractivity contribution in [3.05, 3.63) is 297 Å². The van der Waals surface area contributed by atoms with Crippen molar-refractivity contribution in [3.63, 3.8) is 0 Å². The predicted molar refractivity (Wildman–Crippen MR) is 317 cm³/mol. The summed E-state index contributed by atoms with van der Waals surface area (Å²) in [6.45, 7) is 6.32. The Morgan fingerprint density at radius 2 is 0.600 bits per heavy atom. The van der Waals surface area contributed by atoms with Crippen LogP contribution in [-0.4, -0.2) is 0 Å². The Balaban J connectivity index is 1.01. The second-order valence-electron chi connectivity index (χ2n) is 18.5. The SMILES string of the molecule is C=C(C=CC=CC)c1ccc(N2c3ccccc3N(c3ccc(-c4ccccc4)cc3)P2(=O)c2ccc(P3(=O)N(c4ccc(-c5ccccc5)cc4)c4ccccc4N3c3ccc(-c4ccccc4)cc3)cc2)cc1. The second-order valence-corrected chi connectivity index (χ2v) is 23.3. The maximum atomic E-state index is 17.2. The monoisotopic (exact) mass is 1010 g/mol. The molecule has 2 heterocycles. The quantitative estimate of drug-likeness (QED) is 0.0898. The van der Waals surface area contributed by atoms with Crippen molar-refractivity contribution in [2.75, 3.05) is 18.7 Å². The molecule has 10 aromatic rings. The van der Waals surface area contributed by atoms with Gasteiger partial charge in [0.05, 0.1) is 33.4 Å². The number of para-hydroxylation sites is 4. The Hall–Kier alpha value is -8.92. The lowest BCUT2D eigenvalue weighted by Gasteiger charge is -2.35. The van der Waals surface area contributed by atoms with Crippen LogP contribution >= 0.6 is 14.9 Å². The van der Waals surface area contributed by atoms with Crippen molar-refractivity contribution < 1.29 is 9.13 Å². The molecule has 0 N–H and O–H groups in total. The molecule has 0 amide bonds. The first-order valence-corrected chi connectivity index (χ1v) is 28.3. The van der Waals surface area contributed by atoms with Crippen molar-refractivity contribution in [1.29, 1.82) is 0 Å². The summed E-state index contributed by atoms with van der Waals surface area (Å²) in [7, 11) is -7.71. The summed E-state index contributed by atoms with van der Waals surface area (Å²) >= 11 is 0. The number of benzene rings is 10. The van der Waals surface area contributed by atoms with Gasteiger partial charge in [-0.05, 0) is 149 Å². The van der Waals surface area contributed by atoms with Gasteiger partial charge in [0, 0.05) is 22.7 Å². The van der Waals surface area contributed by atoms with E-state index < -0.39 is 14.9 Å². The van der Waals surface area contributed by atoms with E-state index in [-0.39, 0.29) is 0 Å². The van der Waals surface area contributed by atoms with E-state index in [1.165, 1.54) is 0 Å². The third kappa shape index (κ3) is 8.35. The Kier molecular flexibility index (Phi) is 12.5. The van der Waals surface area contributed by atoms with Gasteiger partial charge in [0.2, 0.25) is 0 Å². The lowest BCUT2D eigenvalue weighted by molar-refractivity contribution is 0.581. The molecule has 0 bridgehead atoms. The third-order valence-electron chi connectivity index (χ3n) is 14.0. The highest BCUT2D eigenvalue weighted by Crippen LogP contribution is 2.72. The van der Waals surface area contributed by atoms with E-state index in [1.54, 1.807) is 0 Å². The topological polar surface area (TPSA) is 47.1 Å². The van der Waals surface area contributed by atoms with Gasteiger partial charge in [-0.3, -0.25) is 27.8 Å². The fourth-order valence-electron chi connectivity index (χ4n) is 10.4. The summed E-state index contributed by atoms with van der Waals surface area (Å²) in [5, 5.41) is 1.17. The molecule has 0 radical (unpaired) electrons. The van der Waals surface area contributed by atoms with Gasteiger partial charge >= 0.3 is 14.9 Å². The summed E-state index contributed by atoms with van der Waals surface area (Å²) in [6.07, 6.45) is 7.93. The zero-order valence-electron chi connectivity index (χ0n) is 41.3. The summed E-state index contributed by atoms with van der Waals surface area (Å²) < 4.78 is 42.4. The van der Waals surface area contributed by atoms with Crippen LogP contribution in [0.5, 0.6) is 0 Å². The molecule has 8 heteroatoms. The minimum absolute atomic E-state index is 0.582. The minimum Gasteiger partial charge on any atom is -0.270 e. The highest BCUT2D eigenvalue weighted by molar-refractivity contribution is 7.76. The zero-order chi connectivity index (χ0) is 50.9. The van der Waals surface area contributed by atoms with Crippen molar-refractivity contribution >= 4 is 76.6 Å². The maximum Gasteiger partial charge on any atom is 0.301 e. The van der Waals surface area contributed by atoms with Crippen LogP contribution in [0.2, 0.25) is 0 Å². The largest absolute Gasteiger partial charge is 0.301 e. The third-order valence-corrected chi connectivity index (χ3v) is 19.9. The molecule has 10 aromatic carbocycles. The molecular weight excluding hydrogens is 955 g/mol. The van der Waals surface area contributed by atoms with Crippen LogP contribution in [0.1, 0.15) is 12.5 Å². The molecule has 0 aromatic heterocycles. The van der Waals surface area contributed by atoms with E-state index >= 15 is 9.13 Å². The van der Waals surface area contributed by atoms with Gasteiger partial charge in [0.1, 0.15) is 0 Å². The number of anilines is 8. The Labute approximate surface area is 439 Å². The van der Waals surface area contributed by atoms with Crippen molar-refractivity contribution in [2.24, 2.45) is 0 Å². The molecule has 12 rings (SSSR count). The highest BCUT2D eigenvalue weighted by atomic mass is 31.2. The number of fused-ring (bicyclic) bond motifs is 2.